The number of rotatable bonds is 4. The molecular formula is C19H13Cl2F3N2O2. The second kappa shape index (κ2) is 7.48. The molecule has 146 valence electrons. The molecule has 28 heavy (non-hydrogen) atoms. The van der Waals surface area contributed by atoms with Crippen LogP contribution in [0.15, 0.2) is 60.3 Å². The number of oxime groups is 1. The third-order valence-electron chi connectivity index (χ3n) is 4.16. The van der Waals surface area contributed by atoms with E-state index in [1.807, 2.05) is 0 Å². The van der Waals surface area contributed by atoms with Crippen molar-refractivity contribution in [1.82, 2.24) is 0 Å². The molecule has 0 aliphatic carbocycles. The topological polar surface area (TPSA) is 50.7 Å². The number of amides is 1. The first-order valence-corrected chi connectivity index (χ1v) is 8.72. The van der Waals surface area contributed by atoms with E-state index in [9.17, 15) is 18.0 Å². The van der Waals surface area contributed by atoms with Crippen LogP contribution < -0.4 is 5.32 Å². The normalized spacial score (nSPS) is 19.0. The Hall–Kier alpha value is -2.51. The minimum absolute atomic E-state index is 0.0531. The fraction of sp³-hybridized carbons (Fsp3) is 0.158. The fourth-order valence-electron chi connectivity index (χ4n) is 2.82. The predicted octanol–water partition coefficient (Wildman–Crippen LogP) is 5.70. The highest BCUT2D eigenvalue weighted by molar-refractivity contribution is 6.34. The Morgan fingerprint density at radius 2 is 1.89 bits per heavy atom. The van der Waals surface area contributed by atoms with Gasteiger partial charge in [0.05, 0.1) is 5.71 Å². The monoisotopic (exact) mass is 428 g/mol. The van der Waals surface area contributed by atoms with Crippen LogP contribution in [-0.4, -0.2) is 17.8 Å². The number of hydrogen-bond acceptors (Lipinski definition) is 3. The molecule has 1 N–H and O–H groups in total. The molecule has 9 heteroatoms. The lowest BCUT2D eigenvalue weighted by Crippen LogP contribution is -2.42. The van der Waals surface area contributed by atoms with Crippen molar-refractivity contribution < 1.29 is 22.8 Å². The van der Waals surface area contributed by atoms with Gasteiger partial charge in [0.25, 0.3) is 5.60 Å². The second-order valence-corrected chi connectivity index (χ2v) is 6.94. The van der Waals surface area contributed by atoms with Crippen molar-refractivity contribution in [3.8, 4) is 0 Å². The number of benzene rings is 2. The van der Waals surface area contributed by atoms with E-state index in [0.29, 0.717) is 11.3 Å². The van der Waals surface area contributed by atoms with Crippen LogP contribution in [0.25, 0.3) is 0 Å². The first-order valence-electron chi connectivity index (χ1n) is 7.97. The Labute approximate surface area is 168 Å². The lowest BCUT2D eigenvalue weighted by molar-refractivity contribution is -0.275. The molecule has 0 bridgehead atoms. The van der Waals surface area contributed by atoms with Crippen LogP contribution in [0.3, 0.4) is 0 Å². The number of nitrogens with one attached hydrogen (secondary N) is 1. The number of alkyl halides is 3. The summed E-state index contributed by atoms with van der Waals surface area (Å²) in [7, 11) is 0. The van der Waals surface area contributed by atoms with Crippen LogP contribution in [-0.2, 0) is 15.2 Å². The molecule has 0 saturated carbocycles. The summed E-state index contributed by atoms with van der Waals surface area (Å²) in [6.07, 6.45) is -4.27. The van der Waals surface area contributed by atoms with E-state index in [4.69, 9.17) is 28.0 Å². The van der Waals surface area contributed by atoms with Crippen molar-refractivity contribution in [2.24, 2.45) is 5.16 Å². The summed E-state index contributed by atoms with van der Waals surface area (Å²) in [4.78, 5) is 16.4. The fourth-order valence-corrected chi connectivity index (χ4v) is 3.34. The molecule has 3 rings (SSSR count). The third kappa shape index (κ3) is 3.86. The number of halogens is 5. The molecule has 0 aromatic heterocycles. The number of carbonyl (C=O) groups is 1. The van der Waals surface area contributed by atoms with E-state index < -0.39 is 24.1 Å². The van der Waals surface area contributed by atoms with Gasteiger partial charge in [-0.1, -0.05) is 47.1 Å². The van der Waals surface area contributed by atoms with Crippen LogP contribution in [0.4, 0.5) is 18.9 Å². The SMILES string of the molecule is C=CC(=O)Nc1cccc(C2=NOC(c3cc(Cl)cc(Cl)c3)(C(F)(F)F)C2)c1. The van der Waals surface area contributed by atoms with E-state index in [1.54, 1.807) is 18.2 Å². The minimum Gasteiger partial charge on any atom is -0.374 e. The molecular weight excluding hydrogens is 416 g/mol. The number of anilines is 1. The van der Waals surface area contributed by atoms with Gasteiger partial charge in [-0.15, -0.1) is 0 Å². The molecule has 1 atom stereocenters. The summed E-state index contributed by atoms with van der Waals surface area (Å²) in [6, 6.07) is 9.89. The summed E-state index contributed by atoms with van der Waals surface area (Å²) in [5.41, 5.74) is -2.12. The molecule has 1 heterocycles. The minimum atomic E-state index is -4.78. The van der Waals surface area contributed by atoms with Crippen molar-refractivity contribution in [3.05, 3.63) is 76.3 Å². The van der Waals surface area contributed by atoms with Gasteiger partial charge in [-0.05, 0) is 36.4 Å². The van der Waals surface area contributed by atoms with Crippen molar-refractivity contribution in [1.29, 1.82) is 0 Å². The molecule has 0 spiro atoms. The molecule has 2 aromatic carbocycles. The molecule has 4 nitrogen and oxygen atoms in total. The van der Waals surface area contributed by atoms with E-state index in [-0.39, 0.29) is 21.3 Å². The quantitative estimate of drug-likeness (QED) is 0.634. The first kappa shape index (κ1) is 20.2. The van der Waals surface area contributed by atoms with E-state index in [1.165, 1.54) is 12.1 Å². The van der Waals surface area contributed by atoms with Gasteiger partial charge in [-0.2, -0.15) is 13.2 Å². The van der Waals surface area contributed by atoms with E-state index >= 15 is 0 Å². The zero-order valence-electron chi connectivity index (χ0n) is 14.2. The largest absolute Gasteiger partial charge is 0.435 e. The standard InChI is InChI=1S/C19H13Cl2F3N2O2/c1-2-17(27)25-15-5-3-4-11(6-15)16-10-18(28-26-16,19(22,23)24)12-7-13(20)9-14(21)8-12/h2-9H,1,10H2,(H,25,27). The first-order chi connectivity index (χ1) is 13.1. The average Bonchev–Trinajstić information content (AvgIpc) is 3.08. The maximum absolute atomic E-state index is 14.0. The smallest absolute Gasteiger partial charge is 0.374 e. The summed E-state index contributed by atoms with van der Waals surface area (Å²) in [5, 5.41) is 6.33. The second-order valence-electron chi connectivity index (χ2n) is 6.06. The Balaban J connectivity index is 1.97. The Morgan fingerprint density at radius 1 is 1.21 bits per heavy atom. The van der Waals surface area contributed by atoms with Crippen LogP contribution in [0, 0.1) is 0 Å². The molecule has 2 aromatic rings. The van der Waals surface area contributed by atoms with Crippen LogP contribution in [0.5, 0.6) is 0 Å². The van der Waals surface area contributed by atoms with Gasteiger partial charge < -0.3 is 10.2 Å². The lowest BCUT2D eigenvalue weighted by atomic mass is 9.86. The molecule has 1 amide bonds. The van der Waals surface area contributed by atoms with Crippen molar-refractivity contribution in [3.63, 3.8) is 0 Å². The highest BCUT2D eigenvalue weighted by atomic mass is 35.5. The summed E-state index contributed by atoms with van der Waals surface area (Å²) < 4.78 is 42.0. The maximum Gasteiger partial charge on any atom is 0.435 e. The summed E-state index contributed by atoms with van der Waals surface area (Å²) >= 11 is 11.8. The van der Waals surface area contributed by atoms with Crippen LogP contribution in [0.2, 0.25) is 10.0 Å². The highest BCUT2D eigenvalue weighted by Gasteiger charge is 2.62. The number of hydrogen-bond donors (Lipinski definition) is 1. The third-order valence-corrected chi connectivity index (χ3v) is 4.60. The van der Waals surface area contributed by atoms with Crippen molar-refractivity contribution >= 4 is 40.5 Å². The average molecular weight is 429 g/mol. The molecule has 0 saturated heterocycles. The van der Waals surface area contributed by atoms with Crippen LogP contribution >= 0.6 is 23.2 Å². The zero-order chi connectivity index (χ0) is 20.5. The van der Waals surface area contributed by atoms with Gasteiger partial charge in [0.2, 0.25) is 5.91 Å². The maximum atomic E-state index is 14.0. The van der Waals surface area contributed by atoms with Gasteiger partial charge in [-0.25, -0.2) is 0 Å². The molecule has 1 aliphatic heterocycles. The number of carbonyl (C=O) groups excluding carboxylic acids is 1. The predicted molar refractivity (Wildman–Crippen MR) is 102 cm³/mol. The van der Waals surface area contributed by atoms with Gasteiger partial charge in [-0.3, -0.25) is 4.79 Å². The Bertz CT molecular complexity index is 956. The van der Waals surface area contributed by atoms with E-state index in [0.717, 1.165) is 18.2 Å². The molecule has 1 aliphatic rings. The van der Waals surface area contributed by atoms with Gasteiger partial charge >= 0.3 is 6.18 Å². The molecule has 0 radical (unpaired) electrons. The number of nitrogens with zero attached hydrogens (tertiary/aromatic N) is 1. The summed E-state index contributed by atoms with van der Waals surface area (Å²) in [5.74, 6) is -0.444. The zero-order valence-corrected chi connectivity index (χ0v) is 15.7. The summed E-state index contributed by atoms with van der Waals surface area (Å²) in [6.45, 7) is 3.35. The van der Waals surface area contributed by atoms with Gasteiger partial charge in [0.15, 0.2) is 0 Å². The van der Waals surface area contributed by atoms with E-state index in [2.05, 4.69) is 17.1 Å². The van der Waals surface area contributed by atoms with Gasteiger partial charge in [0.1, 0.15) is 0 Å². The van der Waals surface area contributed by atoms with Gasteiger partial charge in [0, 0.05) is 33.3 Å². The van der Waals surface area contributed by atoms with Crippen LogP contribution in [0.1, 0.15) is 17.5 Å². The highest BCUT2D eigenvalue weighted by Crippen LogP contribution is 2.49. The Morgan fingerprint density at radius 3 is 2.50 bits per heavy atom. The van der Waals surface area contributed by atoms with Crippen molar-refractivity contribution in [2.45, 2.75) is 18.2 Å². The van der Waals surface area contributed by atoms with Crippen molar-refractivity contribution in [2.75, 3.05) is 5.32 Å². The Kier molecular flexibility index (Phi) is 5.41. The lowest BCUT2D eigenvalue weighted by Gasteiger charge is -2.29. The molecule has 1 unspecified atom stereocenters. The molecule has 0 fully saturated rings.